The Labute approximate surface area is 181 Å². The van der Waals surface area contributed by atoms with Gasteiger partial charge in [-0.25, -0.2) is 8.42 Å². The molecule has 4 rings (SSSR count). The van der Waals surface area contributed by atoms with E-state index in [2.05, 4.69) is 12.1 Å². The number of thiophene rings is 1. The summed E-state index contributed by atoms with van der Waals surface area (Å²) < 4.78 is 23.3. The SMILES string of the molecule is NC(=O)C1(Cc2cccc(-c3cccs3)c2)CCN(C(=O)CC2CCS(=O)(=O)C2)C1. The van der Waals surface area contributed by atoms with Gasteiger partial charge in [0.25, 0.3) is 0 Å². The Kier molecular flexibility index (Phi) is 5.72. The average Bonchev–Trinajstić information content (AvgIpc) is 3.43. The van der Waals surface area contributed by atoms with Crippen LogP contribution in [0.3, 0.4) is 0 Å². The van der Waals surface area contributed by atoms with Crippen molar-refractivity contribution < 1.29 is 18.0 Å². The van der Waals surface area contributed by atoms with Crippen molar-refractivity contribution in [3.63, 3.8) is 0 Å². The first-order valence-corrected chi connectivity index (χ1v) is 12.9. The summed E-state index contributed by atoms with van der Waals surface area (Å²) in [7, 11) is -3.01. The van der Waals surface area contributed by atoms with Crippen molar-refractivity contribution in [2.24, 2.45) is 17.1 Å². The molecule has 2 amide bonds. The van der Waals surface area contributed by atoms with E-state index < -0.39 is 15.3 Å². The molecule has 3 heterocycles. The van der Waals surface area contributed by atoms with Crippen LogP contribution in [-0.2, 0) is 25.8 Å². The van der Waals surface area contributed by atoms with Crippen LogP contribution in [0.4, 0.5) is 0 Å². The lowest BCUT2D eigenvalue weighted by Crippen LogP contribution is -2.42. The lowest BCUT2D eigenvalue weighted by Gasteiger charge is -2.26. The lowest BCUT2D eigenvalue weighted by atomic mass is 9.80. The smallest absolute Gasteiger partial charge is 0.225 e. The summed E-state index contributed by atoms with van der Waals surface area (Å²) in [6.45, 7) is 0.774. The highest BCUT2D eigenvalue weighted by Crippen LogP contribution is 2.36. The van der Waals surface area contributed by atoms with Gasteiger partial charge in [-0.3, -0.25) is 9.59 Å². The van der Waals surface area contributed by atoms with Gasteiger partial charge in [0.1, 0.15) is 0 Å². The fourth-order valence-corrected chi connectivity index (χ4v) is 7.18. The third-order valence-electron chi connectivity index (χ3n) is 6.29. The number of rotatable bonds is 6. The van der Waals surface area contributed by atoms with Crippen molar-refractivity contribution in [1.82, 2.24) is 4.90 Å². The van der Waals surface area contributed by atoms with Gasteiger partial charge in [-0.05, 0) is 47.8 Å². The number of sulfone groups is 1. The number of carbonyl (C=O) groups is 2. The van der Waals surface area contributed by atoms with Gasteiger partial charge in [-0.15, -0.1) is 11.3 Å². The van der Waals surface area contributed by atoms with Crippen LogP contribution in [-0.4, -0.2) is 49.7 Å². The summed E-state index contributed by atoms with van der Waals surface area (Å²) in [6, 6.07) is 12.2. The quantitative estimate of drug-likeness (QED) is 0.737. The van der Waals surface area contributed by atoms with E-state index in [0.29, 0.717) is 32.4 Å². The van der Waals surface area contributed by atoms with Crippen LogP contribution in [0.15, 0.2) is 41.8 Å². The normalized spacial score (nSPS) is 25.5. The molecular formula is C22H26N2O4S2. The monoisotopic (exact) mass is 446 g/mol. The van der Waals surface area contributed by atoms with Crippen LogP contribution < -0.4 is 5.73 Å². The van der Waals surface area contributed by atoms with E-state index in [1.807, 2.05) is 29.6 Å². The molecule has 6 nitrogen and oxygen atoms in total. The molecule has 1 aromatic heterocycles. The van der Waals surface area contributed by atoms with Crippen molar-refractivity contribution in [2.75, 3.05) is 24.6 Å². The molecule has 0 radical (unpaired) electrons. The number of primary amides is 1. The Balaban J connectivity index is 1.46. The third-order valence-corrected chi connectivity index (χ3v) is 9.05. The molecule has 2 saturated heterocycles. The fourth-order valence-electron chi connectivity index (χ4n) is 4.59. The Morgan fingerprint density at radius 2 is 2.07 bits per heavy atom. The Bertz CT molecular complexity index is 1050. The van der Waals surface area contributed by atoms with Crippen molar-refractivity contribution in [3.8, 4) is 10.4 Å². The van der Waals surface area contributed by atoms with Crippen LogP contribution in [0, 0.1) is 11.3 Å². The molecule has 0 saturated carbocycles. The van der Waals surface area contributed by atoms with Crippen LogP contribution >= 0.6 is 11.3 Å². The summed E-state index contributed by atoms with van der Waals surface area (Å²) in [6.07, 6.45) is 1.78. The molecule has 2 atom stereocenters. The molecule has 2 aliphatic heterocycles. The second-order valence-electron chi connectivity index (χ2n) is 8.54. The van der Waals surface area contributed by atoms with E-state index in [1.54, 1.807) is 16.2 Å². The number of likely N-dealkylation sites (tertiary alicyclic amines) is 1. The standard InChI is InChI=1S/C22H26N2O4S2/c23-21(26)22(13-16-3-1-4-18(11-16)19-5-2-9-29-19)7-8-24(15-22)20(25)12-17-6-10-30(27,28)14-17/h1-5,9,11,17H,6-8,10,12-15H2,(H2,23,26). The number of carbonyl (C=O) groups excluding carboxylic acids is 2. The molecule has 2 N–H and O–H groups in total. The van der Waals surface area contributed by atoms with Gasteiger partial charge in [0.05, 0.1) is 16.9 Å². The van der Waals surface area contributed by atoms with E-state index in [-0.39, 0.29) is 35.7 Å². The van der Waals surface area contributed by atoms with E-state index >= 15 is 0 Å². The van der Waals surface area contributed by atoms with Gasteiger partial charge in [0.2, 0.25) is 11.8 Å². The van der Waals surface area contributed by atoms with Crippen molar-refractivity contribution in [3.05, 3.63) is 47.3 Å². The molecule has 0 bridgehead atoms. The molecule has 2 unspecified atom stereocenters. The molecule has 2 aromatic rings. The fraction of sp³-hybridized carbons (Fsp3) is 0.455. The largest absolute Gasteiger partial charge is 0.369 e. The zero-order valence-corrected chi connectivity index (χ0v) is 18.4. The van der Waals surface area contributed by atoms with Crippen LogP contribution in [0.1, 0.15) is 24.8 Å². The van der Waals surface area contributed by atoms with Gasteiger partial charge in [-0.1, -0.05) is 30.3 Å². The summed E-state index contributed by atoms with van der Waals surface area (Å²) in [5, 5.41) is 2.03. The van der Waals surface area contributed by atoms with E-state index in [0.717, 1.165) is 11.1 Å². The molecular weight excluding hydrogens is 420 g/mol. The highest BCUT2D eigenvalue weighted by molar-refractivity contribution is 7.91. The number of nitrogens with zero attached hydrogens (tertiary/aromatic N) is 1. The number of nitrogens with two attached hydrogens (primary N) is 1. The first-order chi connectivity index (χ1) is 14.3. The summed E-state index contributed by atoms with van der Waals surface area (Å²) in [4.78, 5) is 28.1. The number of hydrogen-bond acceptors (Lipinski definition) is 5. The van der Waals surface area contributed by atoms with Crippen molar-refractivity contribution >= 4 is 33.0 Å². The minimum absolute atomic E-state index is 0.0763. The first kappa shape index (κ1) is 21.1. The molecule has 1 aromatic carbocycles. The number of amides is 2. The predicted octanol–water partition coefficient (Wildman–Crippen LogP) is 2.49. The second-order valence-corrected chi connectivity index (χ2v) is 11.7. The minimum Gasteiger partial charge on any atom is -0.369 e. The maximum Gasteiger partial charge on any atom is 0.225 e. The van der Waals surface area contributed by atoms with Gasteiger partial charge in [0.15, 0.2) is 9.84 Å². The Hall–Kier alpha value is -2.19. The topological polar surface area (TPSA) is 97.5 Å². The van der Waals surface area contributed by atoms with Crippen LogP contribution in [0.2, 0.25) is 0 Å². The number of hydrogen-bond donors (Lipinski definition) is 1. The maximum absolute atomic E-state index is 12.8. The van der Waals surface area contributed by atoms with Crippen LogP contribution in [0.25, 0.3) is 10.4 Å². The maximum atomic E-state index is 12.8. The zero-order chi connectivity index (χ0) is 21.4. The summed E-state index contributed by atoms with van der Waals surface area (Å²) >= 11 is 1.66. The predicted molar refractivity (Wildman–Crippen MR) is 118 cm³/mol. The van der Waals surface area contributed by atoms with E-state index in [4.69, 9.17) is 5.73 Å². The van der Waals surface area contributed by atoms with Crippen molar-refractivity contribution in [2.45, 2.75) is 25.7 Å². The van der Waals surface area contributed by atoms with Gasteiger partial charge < -0.3 is 10.6 Å². The summed E-state index contributed by atoms with van der Waals surface area (Å²) in [5.41, 5.74) is 7.17. The third kappa shape index (κ3) is 4.44. The number of benzene rings is 1. The van der Waals surface area contributed by atoms with E-state index in [9.17, 15) is 18.0 Å². The highest BCUT2D eigenvalue weighted by atomic mass is 32.2. The van der Waals surface area contributed by atoms with Gasteiger partial charge >= 0.3 is 0 Å². The molecule has 2 aliphatic rings. The van der Waals surface area contributed by atoms with Crippen molar-refractivity contribution in [1.29, 1.82) is 0 Å². The average molecular weight is 447 g/mol. The summed E-state index contributed by atoms with van der Waals surface area (Å²) in [5.74, 6) is -0.330. The van der Waals surface area contributed by atoms with Gasteiger partial charge in [0, 0.05) is 24.4 Å². The van der Waals surface area contributed by atoms with Gasteiger partial charge in [-0.2, -0.15) is 0 Å². The first-order valence-electron chi connectivity index (χ1n) is 10.2. The lowest BCUT2D eigenvalue weighted by molar-refractivity contribution is -0.132. The highest BCUT2D eigenvalue weighted by Gasteiger charge is 2.45. The Morgan fingerprint density at radius 3 is 2.73 bits per heavy atom. The molecule has 8 heteroatoms. The molecule has 160 valence electrons. The Morgan fingerprint density at radius 1 is 1.23 bits per heavy atom. The molecule has 0 aliphatic carbocycles. The molecule has 2 fully saturated rings. The van der Waals surface area contributed by atoms with E-state index in [1.165, 1.54) is 4.88 Å². The second kappa shape index (κ2) is 8.15. The zero-order valence-electron chi connectivity index (χ0n) is 16.7. The minimum atomic E-state index is -3.01. The van der Waals surface area contributed by atoms with Crippen LogP contribution in [0.5, 0.6) is 0 Å². The molecule has 0 spiro atoms. The molecule has 30 heavy (non-hydrogen) atoms.